The van der Waals surface area contributed by atoms with E-state index in [0.29, 0.717) is 18.2 Å². The van der Waals surface area contributed by atoms with Gasteiger partial charge in [-0.1, -0.05) is 12.8 Å². The van der Waals surface area contributed by atoms with Gasteiger partial charge in [-0.25, -0.2) is 0 Å². The summed E-state index contributed by atoms with van der Waals surface area (Å²) in [6, 6.07) is 1.63. The highest BCUT2D eigenvalue weighted by Gasteiger charge is 2.05. The van der Waals surface area contributed by atoms with Gasteiger partial charge in [0.15, 0.2) is 6.61 Å². The summed E-state index contributed by atoms with van der Waals surface area (Å²) in [6.45, 7) is 2.57. The number of ether oxygens (including phenoxy) is 1. The Hall–Kier alpha value is -1.56. The lowest BCUT2D eigenvalue weighted by Crippen LogP contribution is -2.29. The van der Waals surface area contributed by atoms with E-state index in [1.54, 1.807) is 13.0 Å². The average molecular weight is 256 g/mol. The van der Waals surface area contributed by atoms with Crippen molar-refractivity contribution in [3.63, 3.8) is 0 Å². The quantitative estimate of drug-likeness (QED) is 0.645. The molecule has 1 aromatic rings. The molecule has 0 saturated carbocycles. The number of nitrogens with one attached hydrogen (secondary N) is 1. The van der Waals surface area contributed by atoms with Gasteiger partial charge in [-0.3, -0.25) is 4.79 Å². The van der Waals surface area contributed by atoms with Crippen LogP contribution in [-0.4, -0.2) is 35.9 Å². The van der Waals surface area contributed by atoms with E-state index in [-0.39, 0.29) is 19.1 Å². The SMILES string of the molecule is Cc1cc(OCC(=O)NCCCCCCO)no1. The normalized spacial score (nSPS) is 10.3. The molecule has 1 amide bonds. The highest BCUT2D eigenvalue weighted by molar-refractivity contribution is 5.77. The second-order valence-corrected chi connectivity index (χ2v) is 4.05. The number of aliphatic hydroxyl groups is 1. The summed E-state index contributed by atoms with van der Waals surface area (Å²) in [4.78, 5) is 11.4. The number of carbonyl (C=O) groups excluding carboxylic acids is 1. The zero-order chi connectivity index (χ0) is 13.2. The number of hydrogen-bond acceptors (Lipinski definition) is 5. The van der Waals surface area contributed by atoms with Crippen molar-refractivity contribution in [3.05, 3.63) is 11.8 Å². The van der Waals surface area contributed by atoms with Crippen LogP contribution in [0.5, 0.6) is 5.88 Å². The maximum Gasteiger partial charge on any atom is 0.258 e. The molecule has 6 heteroatoms. The third-order valence-corrected chi connectivity index (χ3v) is 2.36. The molecule has 6 nitrogen and oxygen atoms in total. The van der Waals surface area contributed by atoms with E-state index in [1.165, 1.54) is 0 Å². The third kappa shape index (κ3) is 6.24. The number of aryl methyl sites for hydroxylation is 1. The van der Waals surface area contributed by atoms with Crippen molar-refractivity contribution in [2.45, 2.75) is 32.6 Å². The highest BCUT2D eigenvalue weighted by Crippen LogP contribution is 2.09. The fraction of sp³-hybridized carbons (Fsp3) is 0.667. The highest BCUT2D eigenvalue weighted by atomic mass is 16.5. The molecular formula is C12H20N2O4. The van der Waals surface area contributed by atoms with E-state index in [9.17, 15) is 4.79 Å². The first-order valence-corrected chi connectivity index (χ1v) is 6.16. The molecule has 0 atom stereocenters. The summed E-state index contributed by atoms with van der Waals surface area (Å²) in [7, 11) is 0. The molecule has 0 aliphatic carbocycles. The molecule has 0 aromatic carbocycles. The van der Waals surface area contributed by atoms with Crippen LogP contribution in [0.1, 0.15) is 31.4 Å². The Kier molecular flexibility index (Phi) is 6.86. The molecule has 0 aliphatic rings. The van der Waals surface area contributed by atoms with Crippen LogP contribution in [0.2, 0.25) is 0 Å². The van der Waals surface area contributed by atoms with E-state index in [4.69, 9.17) is 14.4 Å². The topological polar surface area (TPSA) is 84.6 Å². The van der Waals surface area contributed by atoms with Gasteiger partial charge in [0.05, 0.1) is 0 Å². The fourth-order valence-corrected chi connectivity index (χ4v) is 1.42. The minimum absolute atomic E-state index is 0.0530. The smallest absolute Gasteiger partial charge is 0.258 e. The van der Waals surface area contributed by atoms with Crippen LogP contribution in [0.3, 0.4) is 0 Å². The molecule has 0 fully saturated rings. The van der Waals surface area contributed by atoms with Crippen LogP contribution < -0.4 is 10.1 Å². The van der Waals surface area contributed by atoms with E-state index in [0.717, 1.165) is 25.7 Å². The van der Waals surface area contributed by atoms with Crippen LogP contribution in [0.15, 0.2) is 10.6 Å². The number of amides is 1. The first-order valence-electron chi connectivity index (χ1n) is 6.16. The Labute approximate surface area is 106 Å². The largest absolute Gasteiger partial charge is 0.465 e. The number of carbonyl (C=O) groups is 1. The lowest BCUT2D eigenvalue weighted by Gasteiger charge is -2.05. The van der Waals surface area contributed by atoms with E-state index >= 15 is 0 Å². The predicted octanol–water partition coefficient (Wildman–Crippen LogP) is 1.03. The molecule has 18 heavy (non-hydrogen) atoms. The Morgan fingerprint density at radius 3 is 2.89 bits per heavy atom. The van der Waals surface area contributed by atoms with Crippen molar-refractivity contribution in [3.8, 4) is 5.88 Å². The van der Waals surface area contributed by atoms with Crippen LogP contribution in [0, 0.1) is 6.92 Å². The zero-order valence-electron chi connectivity index (χ0n) is 10.6. The van der Waals surface area contributed by atoms with Gasteiger partial charge in [-0.2, -0.15) is 0 Å². The van der Waals surface area contributed by atoms with E-state index in [2.05, 4.69) is 10.5 Å². The molecule has 0 radical (unpaired) electrons. The zero-order valence-corrected chi connectivity index (χ0v) is 10.6. The minimum atomic E-state index is -0.169. The van der Waals surface area contributed by atoms with Gasteiger partial charge < -0.3 is 19.7 Å². The van der Waals surface area contributed by atoms with Gasteiger partial charge in [0.1, 0.15) is 5.76 Å². The average Bonchev–Trinajstić information content (AvgIpc) is 2.77. The van der Waals surface area contributed by atoms with Crippen molar-refractivity contribution in [2.24, 2.45) is 0 Å². The number of hydrogen-bond donors (Lipinski definition) is 2. The van der Waals surface area contributed by atoms with E-state index in [1.807, 2.05) is 0 Å². The molecule has 0 unspecified atom stereocenters. The lowest BCUT2D eigenvalue weighted by molar-refractivity contribution is -0.123. The molecule has 102 valence electrons. The van der Waals surface area contributed by atoms with Crippen LogP contribution in [0.4, 0.5) is 0 Å². The summed E-state index contributed by atoms with van der Waals surface area (Å²) in [5.74, 6) is 0.803. The molecule has 0 bridgehead atoms. The molecule has 1 aromatic heterocycles. The maximum atomic E-state index is 11.4. The van der Waals surface area contributed by atoms with Gasteiger partial charge in [-0.05, 0) is 24.9 Å². The second kappa shape index (κ2) is 8.52. The van der Waals surface area contributed by atoms with Crippen molar-refractivity contribution >= 4 is 5.91 Å². The monoisotopic (exact) mass is 256 g/mol. The summed E-state index contributed by atoms with van der Waals surface area (Å²) < 4.78 is 9.94. The fourth-order valence-electron chi connectivity index (χ4n) is 1.42. The Morgan fingerprint density at radius 1 is 1.44 bits per heavy atom. The molecule has 0 saturated heterocycles. The Morgan fingerprint density at radius 2 is 2.22 bits per heavy atom. The summed E-state index contributed by atoms with van der Waals surface area (Å²) in [5, 5.41) is 15.0. The van der Waals surface area contributed by atoms with Gasteiger partial charge in [0.25, 0.3) is 11.8 Å². The number of aliphatic hydroxyl groups excluding tert-OH is 1. The van der Waals surface area contributed by atoms with Crippen LogP contribution in [-0.2, 0) is 4.79 Å². The van der Waals surface area contributed by atoms with Gasteiger partial charge >= 0.3 is 0 Å². The van der Waals surface area contributed by atoms with Gasteiger partial charge in [0, 0.05) is 19.2 Å². The first-order chi connectivity index (χ1) is 8.72. The van der Waals surface area contributed by atoms with E-state index < -0.39 is 0 Å². The molecule has 0 spiro atoms. The summed E-state index contributed by atoms with van der Waals surface area (Å²) >= 11 is 0. The van der Waals surface area contributed by atoms with Crippen LogP contribution >= 0.6 is 0 Å². The number of rotatable bonds is 9. The molecule has 2 N–H and O–H groups in total. The number of nitrogens with zero attached hydrogens (tertiary/aromatic N) is 1. The maximum absolute atomic E-state index is 11.4. The lowest BCUT2D eigenvalue weighted by atomic mass is 10.2. The van der Waals surface area contributed by atoms with Crippen molar-refractivity contribution in [1.82, 2.24) is 10.5 Å². The second-order valence-electron chi connectivity index (χ2n) is 4.05. The van der Waals surface area contributed by atoms with Crippen molar-refractivity contribution in [1.29, 1.82) is 0 Å². The molecule has 0 aliphatic heterocycles. The van der Waals surface area contributed by atoms with Gasteiger partial charge in [-0.15, -0.1) is 0 Å². The number of unbranched alkanes of at least 4 members (excludes halogenated alkanes) is 3. The molecule has 1 rings (SSSR count). The Balaban J connectivity index is 2.00. The van der Waals surface area contributed by atoms with Crippen molar-refractivity contribution in [2.75, 3.05) is 19.8 Å². The van der Waals surface area contributed by atoms with Crippen LogP contribution in [0.25, 0.3) is 0 Å². The first kappa shape index (κ1) is 14.5. The molecule has 1 heterocycles. The van der Waals surface area contributed by atoms with Gasteiger partial charge in [0.2, 0.25) is 0 Å². The summed E-state index contributed by atoms with van der Waals surface area (Å²) in [6.07, 6.45) is 3.72. The molecular weight excluding hydrogens is 236 g/mol. The standard InChI is InChI=1S/C12H20N2O4/c1-10-8-12(14-18-10)17-9-11(16)13-6-4-2-3-5-7-15/h8,15H,2-7,9H2,1H3,(H,13,16). The predicted molar refractivity (Wildman–Crippen MR) is 65.3 cm³/mol. The van der Waals surface area contributed by atoms with Crippen molar-refractivity contribution < 1.29 is 19.2 Å². The minimum Gasteiger partial charge on any atom is -0.465 e. The number of aromatic nitrogens is 1. The Bertz CT molecular complexity index is 352. The summed E-state index contributed by atoms with van der Waals surface area (Å²) in [5.41, 5.74) is 0. The third-order valence-electron chi connectivity index (χ3n) is 2.36.